The fourth-order valence-electron chi connectivity index (χ4n) is 3.23. The number of aryl methyl sites for hydroxylation is 1. The number of hydrogen-bond acceptors (Lipinski definition) is 4. The molecule has 27 heavy (non-hydrogen) atoms. The molecule has 1 aliphatic rings. The van der Waals surface area contributed by atoms with E-state index in [2.05, 4.69) is 0 Å². The van der Waals surface area contributed by atoms with Crippen LogP contribution >= 0.6 is 0 Å². The summed E-state index contributed by atoms with van der Waals surface area (Å²) < 4.78 is 32.6. The van der Waals surface area contributed by atoms with Gasteiger partial charge in [0.05, 0.1) is 4.90 Å². The molecule has 0 unspecified atom stereocenters. The zero-order valence-corrected chi connectivity index (χ0v) is 15.8. The van der Waals surface area contributed by atoms with Gasteiger partial charge in [-0.3, -0.25) is 4.79 Å². The van der Waals surface area contributed by atoms with Gasteiger partial charge in [-0.05, 0) is 31.2 Å². The van der Waals surface area contributed by atoms with Crippen LogP contribution in [0.3, 0.4) is 0 Å². The monoisotopic (exact) mass is 384 g/mol. The van der Waals surface area contributed by atoms with E-state index < -0.39 is 10.0 Å². The first kappa shape index (κ1) is 17.8. The lowest BCUT2D eigenvalue weighted by molar-refractivity contribution is 0.0668. The van der Waals surface area contributed by atoms with E-state index >= 15 is 0 Å². The van der Waals surface area contributed by atoms with Gasteiger partial charge in [0.15, 0.2) is 5.76 Å². The molecule has 2 heterocycles. The van der Waals surface area contributed by atoms with E-state index in [-0.39, 0.29) is 29.7 Å². The highest BCUT2D eigenvalue weighted by atomic mass is 32.2. The molecule has 1 amide bonds. The Bertz CT molecular complexity index is 1050. The fraction of sp³-hybridized carbons (Fsp3) is 0.250. The van der Waals surface area contributed by atoms with E-state index in [1.807, 2.05) is 31.2 Å². The largest absolute Gasteiger partial charge is 0.451 e. The third-order valence-corrected chi connectivity index (χ3v) is 6.73. The standard InChI is InChI=1S/C20H20N2O4S/c1-15-6-8-17(9-7-15)27(24,25)22-12-10-21(11-13-22)20(23)19-14-16-4-2-3-5-18(16)26-19/h2-9,14H,10-13H2,1H3. The summed E-state index contributed by atoms with van der Waals surface area (Å²) in [5.74, 6) is 0.0737. The Morgan fingerprint density at radius 1 is 0.963 bits per heavy atom. The molecular formula is C20H20N2O4S. The molecule has 1 aliphatic heterocycles. The van der Waals surface area contributed by atoms with Crippen molar-refractivity contribution in [1.82, 2.24) is 9.21 Å². The second-order valence-electron chi connectivity index (χ2n) is 6.66. The third kappa shape index (κ3) is 3.36. The molecule has 1 aromatic heterocycles. The minimum Gasteiger partial charge on any atom is -0.451 e. The number of fused-ring (bicyclic) bond motifs is 1. The summed E-state index contributed by atoms with van der Waals surface area (Å²) in [6.07, 6.45) is 0. The molecule has 0 saturated carbocycles. The van der Waals surface area contributed by atoms with Crippen LogP contribution in [0.2, 0.25) is 0 Å². The Morgan fingerprint density at radius 2 is 1.63 bits per heavy atom. The van der Waals surface area contributed by atoms with Gasteiger partial charge in [-0.15, -0.1) is 0 Å². The van der Waals surface area contributed by atoms with Gasteiger partial charge in [0, 0.05) is 31.6 Å². The Morgan fingerprint density at radius 3 is 2.30 bits per heavy atom. The van der Waals surface area contributed by atoms with E-state index in [1.54, 1.807) is 35.2 Å². The number of carbonyl (C=O) groups is 1. The highest BCUT2D eigenvalue weighted by Gasteiger charge is 2.31. The van der Waals surface area contributed by atoms with E-state index in [9.17, 15) is 13.2 Å². The predicted octanol–water partition coefficient (Wildman–Crippen LogP) is 2.89. The van der Waals surface area contributed by atoms with Crippen LogP contribution in [0.4, 0.5) is 0 Å². The molecule has 4 rings (SSSR count). The predicted molar refractivity (Wildman–Crippen MR) is 102 cm³/mol. The molecule has 7 heteroatoms. The fourth-order valence-corrected chi connectivity index (χ4v) is 4.66. The average Bonchev–Trinajstić information content (AvgIpc) is 3.12. The van der Waals surface area contributed by atoms with Gasteiger partial charge in [-0.25, -0.2) is 8.42 Å². The smallest absolute Gasteiger partial charge is 0.289 e. The topological polar surface area (TPSA) is 70.8 Å². The van der Waals surface area contributed by atoms with E-state index in [1.165, 1.54) is 4.31 Å². The first-order chi connectivity index (χ1) is 12.9. The quantitative estimate of drug-likeness (QED) is 0.696. The third-order valence-electron chi connectivity index (χ3n) is 4.82. The first-order valence-corrected chi connectivity index (χ1v) is 10.2. The Balaban J connectivity index is 1.46. The van der Waals surface area contributed by atoms with Crippen molar-refractivity contribution in [1.29, 1.82) is 0 Å². The number of piperazine rings is 1. The summed E-state index contributed by atoms with van der Waals surface area (Å²) in [5.41, 5.74) is 1.68. The van der Waals surface area contributed by atoms with Crippen LogP contribution in [-0.4, -0.2) is 49.7 Å². The summed E-state index contributed by atoms with van der Waals surface area (Å²) in [6.45, 7) is 3.12. The molecule has 0 aliphatic carbocycles. The molecule has 0 spiro atoms. The number of carbonyl (C=O) groups excluding carboxylic acids is 1. The van der Waals surface area contributed by atoms with Crippen LogP contribution in [0, 0.1) is 6.92 Å². The van der Waals surface area contributed by atoms with Crippen LogP contribution in [0.1, 0.15) is 16.1 Å². The Hall–Kier alpha value is -2.64. The van der Waals surface area contributed by atoms with E-state index in [0.29, 0.717) is 18.7 Å². The van der Waals surface area contributed by atoms with Gasteiger partial charge >= 0.3 is 0 Å². The van der Waals surface area contributed by atoms with Crippen LogP contribution < -0.4 is 0 Å². The number of hydrogen-bond donors (Lipinski definition) is 0. The maximum atomic E-state index is 12.8. The summed E-state index contributed by atoms with van der Waals surface area (Å²) in [5, 5.41) is 0.876. The molecule has 1 saturated heterocycles. The second-order valence-corrected chi connectivity index (χ2v) is 8.60. The number of para-hydroxylation sites is 1. The Labute approximate surface area is 158 Å². The normalized spacial score (nSPS) is 16.0. The second kappa shape index (κ2) is 6.83. The van der Waals surface area contributed by atoms with Gasteiger partial charge in [-0.1, -0.05) is 35.9 Å². The number of furan rings is 1. The lowest BCUT2D eigenvalue weighted by Gasteiger charge is -2.33. The zero-order chi connectivity index (χ0) is 19.0. The highest BCUT2D eigenvalue weighted by molar-refractivity contribution is 7.89. The molecule has 2 aromatic carbocycles. The lowest BCUT2D eigenvalue weighted by atomic mass is 10.2. The maximum absolute atomic E-state index is 12.8. The molecular weight excluding hydrogens is 364 g/mol. The summed E-state index contributed by atoms with van der Waals surface area (Å²) >= 11 is 0. The first-order valence-electron chi connectivity index (χ1n) is 8.80. The Kier molecular flexibility index (Phi) is 4.49. The van der Waals surface area contributed by atoms with Gasteiger partial charge in [0.2, 0.25) is 10.0 Å². The van der Waals surface area contributed by atoms with Crippen LogP contribution in [-0.2, 0) is 10.0 Å². The zero-order valence-electron chi connectivity index (χ0n) is 15.0. The molecule has 1 fully saturated rings. The summed E-state index contributed by atoms with van der Waals surface area (Å²) in [4.78, 5) is 14.6. The minimum absolute atomic E-state index is 0.210. The SMILES string of the molecule is Cc1ccc(S(=O)(=O)N2CCN(C(=O)c3cc4ccccc4o3)CC2)cc1. The molecule has 0 atom stereocenters. The van der Waals surface area contributed by atoms with Crippen molar-refractivity contribution in [2.24, 2.45) is 0 Å². The van der Waals surface area contributed by atoms with Gasteiger partial charge in [-0.2, -0.15) is 4.31 Å². The van der Waals surface area contributed by atoms with Gasteiger partial charge in [0.25, 0.3) is 5.91 Å². The number of sulfonamides is 1. The van der Waals surface area contributed by atoms with Crippen molar-refractivity contribution in [3.8, 4) is 0 Å². The minimum atomic E-state index is -3.54. The molecule has 0 bridgehead atoms. The molecule has 6 nitrogen and oxygen atoms in total. The molecule has 3 aromatic rings. The van der Waals surface area contributed by atoms with Crippen molar-refractivity contribution in [2.75, 3.05) is 26.2 Å². The summed E-state index contributed by atoms with van der Waals surface area (Å²) in [6, 6.07) is 16.0. The average molecular weight is 384 g/mol. The summed E-state index contributed by atoms with van der Waals surface area (Å²) in [7, 11) is -3.54. The van der Waals surface area contributed by atoms with E-state index in [0.717, 1.165) is 10.9 Å². The van der Waals surface area contributed by atoms with Gasteiger partial charge in [0.1, 0.15) is 5.58 Å². The van der Waals surface area contributed by atoms with Crippen molar-refractivity contribution < 1.29 is 17.6 Å². The molecule has 0 radical (unpaired) electrons. The van der Waals surface area contributed by atoms with Crippen LogP contribution in [0.5, 0.6) is 0 Å². The number of rotatable bonds is 3. The lowest BCUT2D eigenvalue weighted by Crippen LogP contribution is -2.50. The highest BCUT2D eigenvalue weighted by Crippen LogP contribution is 2.22. The number of nitrogens with zero attached hydrogens (tertiary/aromatic N) is 2. The number of amides is 1. The van der Waals surface area contributed by atoms with Crippen LogP contribution in [0.25, 0.3) is 11.0 Å². The van der Waals surface area contributed by atoms with Gasteiger partial charge < -0.3 is 9.32 Å². The van der Waals surface area contributed by atoms with Crippen molar-refractivity contribution in [3.63, 3.8) is 0 Å². The maximum Gasteiger partial charge on any atom is 0.289 e. The number of benzene rings is 2. The van der Waals surface area contributed by atoms with Crippen LogP contribution in [0.15, 0.2) is 63.9 Å². The van der Waals surface area contributed by atoms with Crippen molar-refractivity contribution >= 4 is 26.9 Å². The molecule has 140 valence electrons. The van der Waals surface area contributed by atoms with Crippen molar-refractivity contribution in [3.05, 3.63) is 65.9 Å². The molecule has 0 N–H and O–H groups in total. The van der Waals surface area contributed by atoms with Crippen molar-refractivity contribution in [2.45, 2.75) is 11.8 Å². The van der Waals surface area contributed by atoms with E-state index in [4.69, 9.17) is 4.42 Å².